The Kier molecular flexibility index (Phi) is 9.91. The molecule has 0 aliphatic heterocycles. The summed E-state index contributed by atoms with van der Waals surface area (Å²) in [6.07, 6.45) is 7.48. The number of carbonyl (C=O) groups excluding carboxylic acids is 1. The minimum absolute atomic E-state index is 0.201. The molecule has 0 aromatic rings. The summed E-state index contributed by atoms with van der Waals surface area (Å²) in [5, 5.41) is 9.57. The molecule has 2 nitrogen and oxygen atoms in total. The van der Waals surface area contributed by atoms with Crippen molar-refractivity contribution in [1.29, 1.82) is 0 Å². The summed E-state index contributed by atoms with van der Waals surface area (Å²) in [7, 11) is 0. The normalized spacial score (nSPS) is 12.7. The molecule has 0 bridgehead atoms. The molecule has 1 unspecified atom stereocenters. The summed E-state index contributed by atoms with van der Waals surface area (Å²) >= 11 is 0. The fourth-order valence-electron chi connectivity index (χ4n) is 1.60. The summed E-state index contributed by atoms with van der Waals surface area (Å²) in [5.41, 5.74) is 0. The highest BCUT2D eigenvalue weighted by atomic mass is 16.3. The first-order valence-corrected chi connectivity index (χ1v) is 6.19. The van der Waals surface area contributed by atoms with Crippen LogP contribution in [0.25, 0.3) is 0 Å². The third-order valence-electron chi connectivity index (χ3n) is 2.56. The van der Waals surface area contributed by atoms with Gasteiger partial charge in [-0.2, -0.15) is 0 Å². The number of rotatable bonds is 10. The van der Waals surface area contributed by atoms with E-state index in [0.29, 0.717) is 12.8 Å². The summed E-state index contributed by atoms with van der Waals surface area (Å²) in [6, 6.07) is 0. The quantitative estimate of drug-likeness (QED) is 0.565. The van der Waals surface area contributed by atoms with Crippen molar-refractivity contribution in [3.8, 4) is 0 Å². The standard InChI is InChI=1S/C13H25O2/c1-3-5-7-9-12(14)11-13(15)10-8-6-4-2/h13,15H,1,3-11H2,2H3. The van der Waals surface area contributed by atoms with Crippen molar-refractivity contribution in [3.63, 3.8) is 0 Å². The SMILES string of the molecule is [CH2]CCCCC(=O)CC(O)CCCCC. The van der Waals surface area contributed by atoms with Gasteiger partial charge in [0.15, 0.2) is 0 Å². The number of aliphatic hydroxyl groups is 1. The van der Waals surface area contributed by atoms with Crippen LogP contribution < -0.4 is 0 Å². The van der Waals surface area contributed by atoms with Gasteiger partial charge in [0.05, 0.1) is 6.10 Å². The van der Waals surface area contributed by atoms with Gasteiger partial charge in [0.25, 0.3) is 0 Å². The molecule has 0 spiro atoms. The lowest BCUT2D eigenvalue weighted by molar-refractivity contribution is -0.121. The number of Topliss-reactive ketones (excluding diaryl/α,β-unsaturated/α-hetero) is 1. The largest absolute Gasteiger partial charge is 0.393 e. The first kappa shape index (κ1) is 14.6. The first-order chi connectivity index (χ1) is 7.20. The van der Waals surface area contributed by atoms with Gasteiger partial charge in [-0.05, 0) is 12.8 Å². The monoisotopic (exact) mass is 213 g/mol. The molecule has 0 aliphatic carbocycles. The van der Waals surface area contributed by atoms with Gasteiger partial charge in [-0.25, -0.2) is 0 Å². The van der Waals surface area contributed by atoms with E-state index >= 15 is 0 Å². The van der Waals surface area contributed by atoms with Crippen molar-refractivity contribution in [2.45, 2.75) is 70.8 Å². The summed E-state index contributed by atoms with van der Waals surface area (Å²) in [5.74, 6) is 0.201. The number of aliphatic hydroxyl groups excluding tert-OH is 1. The molecule has 1 N–H and O–H groups in total. The third kappa shape index (κ3) is 9.92. The molecule has 89 valence electrons. The molecule has 15 heavy (non-hydrogen) atoms. The van der Waals surface area contributed by atoms with E-state index in [1.807, 2.05) is 0 Å². The van der Waals surface area contributed by atoms with Crippen LogP contribution in [0.4, 0.5) is 0 Å². The number of hydrogen-bond acceptors (Lipinski definition) is 2. The van der Waals surface area contributed by atoms with Crippen molar-refractivity contribution in [2.75, 3.05) is 0 Å². The Balaban J connectivity index is 3.40. The molecule has 0 aromatic carbocycles. The molecule has 0 saturated carbocycles. The Labute approximate surface area is 94.1 Å². The third-order valence-corrected chi connectivity index (χ3v) is 2.56. The highest BCUT2D eigenvalue weighted by Gasteiger charge is 2.09. The Morgan fingerprint density at radius 2 is 2.00 bits per heavy atom. The second-order valence-corrected chi connectivity index (χ2v) is 4.20. The topological polar surface area (TPSA) is 37.3 Å². The van der Waals surface area contributed by atoms with Gasteiger partial charge in [-0.1, -0.05) is 46.0 Å². The van der Waals surface area contributed by atoms with Crippen LogP contribution >= 0.6 is 0 Å². The molecule has 1 atom stereocenters. The van der Waals surface area contributed by atoms with Gasteiger partial charge in [0.1, 0.15) is 5.78 Å². The lowest BCUT2D eigenvalue weighted by Gasteiger charge is -2.08. The van der Waals surface area contributed by atoms with Crippen LogP contribution in [0.5, 0.6) is 0 Å². The maximum Gasteiger partial charge on any atom is 0.135 e. The number of unbranched alkanes of at least 4 members (excludes halogenated alkanes) is 4. The van der Waals surface area contributed by atoms with Crippen molar-refractivity contribution in [2.24, 2.45) is 0 Å². The maximum atomic E-state index is 11.4. The molecule has 0 heterocycles. The smallest absolute Gasteiger partial charge is 0.135 e. The molecule has 0 saturated heterocycles. The van der Waals surface area contributed by atoms with Crippen LogP contribution in [0.1, 0.15) is 64.7 Å². The Hall–Kier alpha value is -0.370. The van der Waals surface area contributed by atoms with Gasteiger partial charge in [-0.15, -0.1) is 0 Å². The fourth-order valence-corrected chi connectivity index (χ4v) is 1.60. The molecular formula is C13H25O2. The number of ketones is 1. The highest BCUT2D eigenvalue weighted by Crippen LogP contribution is 2.09. The van der Waals surface area contributed by atoms with E-state index in [-0.39, 0.29) is 5.78 Å². The molecule has 0 rings (SSSR count). The maximum absolute atomic E-state index is 11.4. The molecule has 1 radical (unpaired) electrons. The van der Waals surface area contributed by atoms with E-state index in [4.69, 9.17) is 0 Å². The first-order valence-electron chi connectivity index (χ1n) is 6.19. The number of carbonyl (C=O) groups is 1. The van der Waals surface area contributed by atoms with Crippen molar-refractivity contribution < 1.29 is 9.90 Å². The molecule has 0 aromatic heterocycles. The summed E-state index contributed by atoms with van der Waals surface area (Å²) in [6.45, 7) is 5.87. The summed E-state index contributed by atoms with van der Waals surface area (Å²) in [4.78, 5) is 11.4. The van der Waals surface area contributed by atoms with Crippen LogP contribution in [0.2, 0.25) is 0 Å². The van der Waals surface area contributed by atoms with Gasteiger partial charge in [0, 0.05) is 12.8 Å². The predicted octanol–water partition coefficient (Wildman–Crippen LogP) is 3.28. The van der Waals surface area contributed by atoms with Crippen LogP contribution in [-0.4, -0.2) is 17.0 Å². The van der Waals surface area contributed by atoms with Gasteiger partial charge < -0.3 is 5.11 Å². The van der Waals surface area contributed by atoms with Gasteiger partial charge in [-0.3, -0.25) is 4.79 Å². The Morgan fingerprint density at radius 1 is 1.27 bits per heavy atom. The Bertz CT molecular complexity index is 155. The van der Waals surface area contributed by atoms with Crippen molar-refractivity contribution in [3.05, 3.63) is 6.92 Å². The van der Waals surface area contributed by atoms with E-state index in [2.05, 4.69) is 13.8 Å². The minimum atomic E-state index is -0.413. The average molecular weight is 213 g/mol. The number of hydrogen-bond donors (Lipinski definition) is 1. The predicted molar refractivity (Wildman–Crippen MR) is 63.6 cm³/mol. The fraction of sp³-hybridized carbons (Fsp3) is 0.846. The second-order valence-electron chi connectivity index (χ2n) is 4.20. The lowest BCUT2D eigenvalue weighted by Crippen LogP contribution is -2.13. The minimum Gasteiger partial charge on any atom is -0.393 e. The second kappa shape index (κ2) is 10.2. The van der Waals surface area contributed by atoms with Gasteiger partial charge >= 0.3 is 0 Å². The van der Waals surface area contributed by atoms with E-state index in [1.165, 1.54) is 0 Å². The van der Waals surface area contributed by atoms with E-state index in [1.54, 1.807) is 0 Å². The van der Waals surface area contributed by atoms with Gasteiger partial charge in [0.2, 0.25) is 0 Å². The molecule has 0 aliphatic rings. The highest BCUT2D eigenvalue weighted by molar-refractivity contribution is 5.78. The molecular weight excluding hydrogens is 188 g/mol. The molecule has 2 heteroatoms. The van der Waals surface area contributed by atoms with Crippen molar-refractivity contribution in [1.82, 2.24) is 0 Å². The van der Waals surface area contributed by atoms with Crippen LogP contribution in [-0.2, 0) is 4.79 Å². The van der Waals surface area contributed by atoms with E-state index in [0.717, 1.165) is 44.9 Å². The van der Waals surface area contributed by atoms with E-state index < -0.39 is 6.10 Å². The lowest BCUT2D eigenvalue weighted by atomic mass is 10.0. The van der Waals surface area contributed by atoms with Crippen LogP contribution in [0, 0.1) is 6.92 Å². The zero-order valence-electron chi connectivity index (χ0n) is 10.0. The molecule has 0 fully saturated rings. The zero-order chi connectivity index (χ0) is 11.5. The van der Waals surface area contributed by atoms with E-state index in [9.17, 15) is 9.90 Å². The molecule has 0 amide bonds. The van der Waals surface area contributed by atoms with Crippen molar-refractivity contribution >= 4 is 5.78 Å². The zero-order valence-corrected chi connectivity index (χ0v) is 10.0. The van der Waals surface area contributed by atoms with Crippen LogP contribution in [0.3, 0.4) is 0 Å². The summed E-state index contributed by atoms with van der Waals surface area (Å²) < 4.78 is 0. The average Bonchev–Trinajstić information content (AvgIpc) is 2.18. The van der Waals surface area contributed by atoms with Crippen LogP contribution in [0.15, 0.2) is 0 Å². The Morgan fingerprint density at radius 3 is 2.60 bits per heavy atom.